The van der Waals surface area contributed by atoms with E-state index >= 15 is 0 Å². The lowest BCUT2D eigenvalue weighted by Crippen LogP contribution is -2.18. The van der Waals surface area contributed by atoms with Gasteiger partial charge in [0.15, 0.2) is 0 Å². The van der Waals surface area contributed by atoms with Crippen LogP contribution in [0.4, 0.5) is 0 Å². The first-order chi connectivity index (χ1) is 8.19. The SMILES string of the molecule is CC1(c2cccc3ccncc23)CCC(=O)C1. The van der Waals surface area contributed by atoms with Crippen LogP contribution in [0.2, 0.25) is 0 Å². The maximum absolute atomic E-state index is 11.6. The standard InChI is InChI=1S/C15H15NO/c1-15(7-5-12(17)9-15)14-4-2-3-11-6-8-16-10-13(11)14/h2-4,6,8,10H,5,7,9H2,1H3. The molecule has 0 saturated heterocycles. The fraction of sp³-hybridized carbons (Fsp3) is 0.333. The summed E-state index contributed by atoms with van der Waals surface area (Å²) in [4.78, 5) is 15.8. The van der Waals surface area contributed by atoms with E-state index in [1.165, 1.54) is 16.3 Å². The second-order valence-electron chi connectivity index (χ2n) is 5.18. The van der Waals surface area contributed by atoms with E-state index in [0.717, 1.165) is 6.42 Å². The van der Waals surface area contributed by atoms with Crippen molar-refractivity contribution in [2.45, 2.75) is 31.6 Å². The first-order valence-electron chi connectivity index (χ1n) is 6.04. The molecule has 1 aliphatic carbocycles. The molecule has 1 aromatic carbocycles. The number of ketones is 1. The average molecular weight is 225 g/mol. The Bertz CT molecular complexity index is 585. The lowest BCUT2D eigenvalue weighted by atomic mass is 9.79. The van der Waals surface area contributed by atoms with Crippen molar-refractivity contribution < 1.29 is 4.79 Å². The second-order valence-corrected chi connectivity index (χ2v) is 5.18. The number of rotatable bonds is 1. The lowest BCUT2D eigenvalue weighted by Gasteiger charge is -2.24. The van der Waals surface area contributed by atoms with Crippen LogP contribution in [-0.2, 0) is 10.2 Å². The molecule has 17 heavy (non-hydrogen) atoms. The van der Waals surface area contributed by atoms with Crippen LogP contribution in [0.5, 0.6) is 0 Å². The molecule has 1 saturated carbocycles. The van der Waals surface area contributed by atoms with Gasteiger partial charge in [-0.1, -0.05) is 25.1 Å². The summed E-state index contributed by atoms with van der Waals surface area (Å²) in [5.74, 6) is 0.383. The quantitative estimate of drug-likeness (QED) is 0.745. The molecule has 2 aromatic rings. The predicted molar refractivity (Wildman–Crippen MR) is 68.0 cm³/mol. The summed E-state index contributed by atoms with van der Waals surface area (Å²) < 4.78 is 0. The summed E-state index contributed by atoms with van der Waals surface area (Å²) in [6, 6.07) is 8.34. The molecule has 0 radical (unpaired) electrons. The molecule has 1 aliphatic rings. The summed E-state index contributed by atoms with van der Waals surface area (Å²) in [5, 5.41) is 2.39. The van der Waals surface area contributed by atoms with Gasteiger partial charge >= 0.3 is 0 Å². The normalized spacial score (nSPS) is 24.4. The minimum atomic E-state index is -0.000370. The molecule has 86 valence electrons. The molecular weight excluding hydrogens is 210 g/mol. The van der Waals surface area contributed by atoms with Crippen molar-refractivity contribution in [2.24, 2.45) is 0 Å². The van der Waals surface area contributed by atoms with E-state index in [-0.39, 0.29) is 5.41 Å². The molecule has 2 nitrogen and oxygen atoms in total. The Hall–Kier alpha value is -1.70. The van der Waals surface area contributed by atoms with Crippen LogP contribution in [0.1, 0.15) is 31.7 Å². The Kier molecular flexibility index (Phi) is 2.25. The van der Waals surface area contributed by atoms with E-state index < -0.39 is 0 Å². The lowest BCUT2D eigenvalue weighted by molar-refractivity contribution is -0.117. The minimum absolute atomic E-state index is 0.000370. The van der Waals surface area contributed by atoms with E-state index in [0.29, 0.717) is 18.6 Å². The first kappa shape index (κ1) is 10.5. The van der Waals surface area contributed by atoms with Crippen molar-refractivity contribution in [3.05, 3.63) is 42.2 Å². The number of benzene rings is 1. The fourth-order valence-electron chi connectivity index (χ4n) is 2.90. The van der Waals surface area contributed by atoms with E-state index in [1.807, 2.05) is 18.5 Å². The summed E-state index contributed by atoms with van der Waals surface area (Å²) in [7, 11) is 0. The number of pyridine rings is 1. The molecule has 3 rings (SSSR count). The Morgan fingerprint density at radius 3 is 2.94 bits per heavy atom. The molecule has 1 fully saturated rings. The van der Waals surface area contributed by atoms with Crippen molar-refractivity contribution in [3.63, 3.8) is 0 Å². The van der Waals surface area contributed by atoms with Crippen LogP contribution < -0.4 is 0 Å². The zero-order chi connectivity index (χ0) is 11.9. The van der Waals surface area contributed by atoms with Gasteiger partial charge in [0.05, 0.1) is 0 Å². The fourth-order valence-corrected chi connectivity index (χ4v) is 2.90. The van der Waals surface area contributed by atoms with Gasteiger partial charge in [-0.3, -0.25) is 9.78 Å². The average Bonchev–Trinajstić information content (AvgIpc) is 2.70. The van der Waals surface area contributed by atoms with Crippen molar-refractivity contribution in [1.82, 2.24) is 4.98 Å². The van der Waals surface area contributed by atoms with Crippen LogP contribution in [0.3, 0.4) is 0 Å². The Morgan fingerprint density at radius 1 is 1.29 bits per heavy atom. The molecule has 1 unspecified atom stereocenters. The molecular formula is C15H15NO. The summed E-state index contributed by atoms with van der Waals surface area (Å²) >= 11 is 0. The molecule has 1 heterocycles. The van der Waals surface area contributed by atoms with E-state index in [2.05, 4.69) is 30.1 Å². The summed E-state index contributed by atoms with van der Waals surface area (Å²) in [6.07, 6.45) is 6.07. The number of hydrogen-bond acceptors (Lipinski definition) is 2. The first-order valence-corrected chi connectivity index (χ1v) is 6.04. The third kappa shape index (κ3) is 1.64. The number of carbonyl (C=O) groups is 1. The van der Waals surface area contributed by atoms with Gasteiger partial charge in [-0.2, -0.15) is 0 Å². The number of Topliss-reactive ketones (excluding diaryl/α,β-unsaturated/α-hetero) is 1. The van der Waals surface area contributed by atoms with E-state index in [4.69, 9.17) is 0 Å². The van der Waals surface area contributed by atoms with Gasteiger partial charge in [0.2, 0.25) is 0 Å². The highest BCUT2D eigenvalue weighted by Gasteiger charge is 2.36. The van der Waals surface area contributed by atoms with Crippen LogP contribution in [-0.4, -0.2) is 10.8 Å². The van der Waals surface area contributed by atoms with Crippen LogP contribution in [0, 0.1) is 0 Å². The highest BCUT2D eigenvalue weighted by Crippen LogP contribution is 2.41. The number of nitrogens with zero attached hydrogens (tertiary/aromatic N) is 1. The smallest absolute Gasteiger partial charge is 0.133 e. The van der Waals surface area contributed by atoms with Gasteiger partial charge in [-0.15, -0.1) is 0 Å². The molecule has 0 spiro atoms. The maximum atomic E-state index is 11.6. The van der Waals surface area contributed by atoms with E-state index in [1.54, 1.807) is 0 Å². The monoisotopic (exact) mass is 225 g/mol. The molecule has 1 aromatic heterocycles. The van der Waals surface area contributed by atoms with Crippen molar-refractivity contribution >= 4 is 16.6 Å². The van der Waals surface area contributed by atoms with Crippen LogP contribution in [0.15, 0.2) is 36.7 Å². The number of carbonyl (C=O) groups excluding carboxylic acids is 1. The van der Waals surface area contributed by atoms with Crippen molar-refractivity contribution in [1.29, 1.82) is 0 Å². The summed E-state index contributed by atoms with van der Waals surface area (Å²) in [5.41, 5.74) is 1.27. The highest BCUT2D eigenvalue weighted by molar-refractivity contribution is 5.89. The highest BCUT2D eigenvalue weighted by atomic mass is 16.1. The Balaban J connectivity index is 2.21. The number of aromatic nitrogens is 1. The molecule has 0 bridgehead atoms. The molecule has 0 amide bonds. The van der Waals surface area contributed by atoms with Gasteiger partial charge in [0, 0.05) is 36.0 Å². The topological polar surface area (TPSA) is 30.0 Å². The predicted octanol–water partition coefficient (Wildman–Crippen LogP) is 3.25. The van der Waals surface area contributed by atoms with Gasteiger partial charge in [-0.05, 0) is 23.4 Å². The third-order valence-corrected chi connectivity index (χ3v) is 3.88. The molecule has 2 heteroatoms. The van der Waals surface area contributed by atoms with Crippen LogP contribution in [0.25, 0.3) is 10.8 Å². The van der Waals surface area contributed by atoms with Gasteiger partial charge in [-0.25, -0.2) is 0 Å². The molecule has 1 atom stereocenters. The van der Waals surface area contributed by atoms with Crippen molar-refractivity contribution in [3.8, 4) is 0 Å². The van der Waals surface area contributed by atoms with Crippen molar-refractivity contribution in [2.75, 3.05) is 0 Å². The zero-order valence-electron chi connectivity index (χ0n) is 9.94. The Labute approximate surface area is 101 Å². The zero-order valence-corrected chi connectivity index (χ0v) is 9.94. The minimum Gasteiger partial charge on any atom is -0.300 e. The van der Waals surface area contributed by atoms with Crippen LogP contribution >= 0.6 is 0 Å². The Morgan fingerprint density at radius 2 is 2.18 bits per heavy atom. The third-order valence-electron chi connectivity index (χ3n) is 3.88. The second kappa shape index (κ2) is 3.66. The van der Waals surface area contributed by atoms with E-state index in [9.17, 15) is 4.79 Å². The largest absolute Gasteiger partial charge is 0.300 e. The number of hydrogen-bond donors (Lipinski definition) is 0. The van der Waals surface area contributed by atoms with Gasteiger partial charge in [0.25, 0.3) is 0 Å². The molecule has 0 N–H and O–H groups in total. The van der Waals surface area contributed by atoms with Gasteiger partial charge < -0.3 is 0 Å². The van der Waals surface area contributed by atoms with Gasteiger partial charge in [0.1, 0.15) is 5.78 Å². The summed E-state index contributed by atoms with van der Waals surface area (Å²) in [6.45, 7) is 2.19. The molecule has 0 aliphatic heterocycles. The maximum Gasteiger partial charge on any atom is 0.133 e. The number of fused-ring (bicyclic) bond motifs is 1.